The maximum Gasteiger partial charge on any atom is 0.237 e. The zero-order chi connectivity index (χ0) is 11.1. The quantitative estimate of drug-likeness (QED) is 0.621. The summed E-state index contributed by atoms with van der Waals surface area (Å²) in [7, 11) is 0. The second kappa shape index (κ2) is 6.80. The molecule has 2 atom stereocenters. The molecule has 0 aromatic rings. The molecular weight excluding hydrogens is 192 g/mol. The van der Waals surface area contributed by atoms with Crippen LogP contribution >= 0.6 is 0 Å². The Hall–Kier alpha value is -0.610. The van der Waals surface area contributed by atoms with Crippen LogP contribution in [-0.2, 0) is 4.79 Å². The molecule has 15 heavy (non-hydrogen) atoms. The summed E-state index contributed by atoms with van der Waals surface area (Å²) >= 11 is 0. The SMILES string of the molecule is CCC(CCO)NC(=O)[C@H]1CCCCN1. The molecule has 0 aromatic heterocycles. The van der Waals surface area contributed by atoms with E-state index in [2.05, 4.69) is 10.6 Å². The molecule has 0 aromatic carbocycles. The average Bonchev–Trinajstić information content (AvgIpc) is 2.29. The van der Waals surface area contributed by atoms with Crippen molar-refractivity contribution in [2.45, 2.75) is 51.1 Å². The fourth-order valence-electron chi connectivity index (χ4n) is 1.91. The Labute approximate surface area is 91.4 Å². The van der Waals surface area contributed by atoms with E-state index in [-0.39, 0.29) is 24.6 Å². The van der Waals surface area contributed by atoms with Gasteiger partial charge in [0.25, 0.3) is 0 Å². The maximum absolute atomic E-state index is 11.8. The lowest BCUT2D eigenvalue weighted by Crippen LogP contribution is -2.49. The third-order valence-corrected chi connectivity index (χ3v) is 2.94. The summed E-state index contributed by atoms with van der Waals surface area (Å²) in [6.45, 7) is 3.10. The summed E-state index contributed by atoms with van der Waals surface area (Å²) in [4.78, 5) is 11.8. The van der Waals surface area contributed by atoms with E-state index in [1.165, 1.54) is 0 Å². The highest BCUT2D eigenvalue weighted by molar-refractivity contribution is 5.82. The van der Waals surface area contributed by atoms with Gasteiger partial charge in [-0.15, -0.1) is 0 Å². The fourth-order valence-corrected chi connectivity index (χ4v) is 1.91. The van der Waals surface area contributed by atoms with Crippen LogP contribution in [0.2, 0.25) is 0 Å². The number of aliphatic hydroxyl groups is 1. The Morgan fingerprint density at radius 1 is 1.60 bits per heavy atom. The lowest BCUT2D eigenvalue weighted by atomic mass is 10.0. The minimum atomic E-state index is -0.0218. The molecule has 1 aliphatic rings. The van der Waals surface area contributed by atoms with Crippen LogP contribution in [0.3, 0.4) is 0 Å². The zero-order valence-electron chi connectivity index (χ0n) is 9.46. The van der Waals surface area contributed by atoms with E-state index in [0.717, 1.165) is 32.2 Å². The van der Waals surface area contributed by atoms with Gasteiger partial charge in [-0.1, -0.05) is 13.3 Å². The van der Waals surface area contributed by atoms with Crippen molar-refractivity contribution in [3.63, 3.8) is 0 Å². The normalized spacial score (nSPS) is 23.5. The van der Waals surface area contributed by atoms with E-state index in [1.807, 2.05) is 6.92 Å². The average molecular weight is 214 g/mol. The molecule has 0 saturated carbocycles. The maximum atomic E-state index is 11.8. The first-order chi connectivity index (χ1) is 7.27. The van der Waals surface area contributed by atoms with Gasteiger partial charge in [0.05, 0.1) is 6.04 Å². The standard InChI is InChI=1S/C11H22N2O2/c1-2-9(6-8-14)13-11(15)10-5-3-4-7-12-10/h9-10,12,14H,2-8H2,1H3,(H,13,15)/t9?,10-/m1/s1. The number of amides is 1. The molecule has 1 rings (SSSR count). The zero-order valence-corrected chi connectivity index (χ0v) is 9.46. The van der Waals surface area contributed by atoms with E-state index >= 15 is 0 Å². The predicted molar refractivity (Wildman–Crippen MR) is 59.6 cm³/mol. The predicted octanol–water partition coefficient (Wildman–Crippen LogP) is 0.406. The molecule has 88 valence electrons. The van der Waals surface area contributed by atoms with Crippen molar-refractivity contribution in [1.82, 2.24) is 10.6 Å². The largest absolute Gasteiger partial charge is 0.396 e. The first kappa shape index (κ1) is 12.5. The first-order valence-corrected chi connectivity index (χ1v) is 5.92. The van der Waals surface area contributed by atoms with Crippen molar-refractivity contribution >= 4 is 5.91 Å². The van der Waals surface area contributed by atoms with Gasteiger partial charge in [0.2, 0.25) is 5.91 Å². The van der Waals surface area contributed by atoms with Gasteiger partial charge in [0.1, 0.15) is 0 Å². The van der Waals surface area contributed by atoms with Crippen LogP contribution in [0.5, 0.6) is 0 Å². The molecule has 1 saturated heterocycles. The van der Waals surface area contributed by atoms with Crippen molar-refractivity contribution in [2.24, 2.45) is 0 Å². The number of hydrogen-bond donors (Lipinski definition) is 3. The molecule has 4 heteroatoms. The van der Waals surface area contributed by atoms with Crippen LogP contribution in [0.15, 0.2) is 0 Å². The lowest BCUT2D eigenvalue weighted by molar-refractivity contribution is -0.124. The van der Waals surface area contributed by atoms with Gasteiger partial charge in [-0.2, -0.15) is 0 Å². The summed E-state index contributed by atoms with van der Waals surface area (Å²) in [5.41, 5.74) is 0. The van der Waals surface area contributed by atoms with Crippen molar-refractivity contribution < 1.29 is 9.90 Å². The molecule has 4 nitrogen and oxygen atoms in total. The molecule has 0 aliphatic carbocycles. The molecule has 1 amide bonds. The summed E-state index contributed by atoms with van der Waals surface area (Å²) in [6.07, 6.45) is 4.74. The minimum absolute atomic E-state index is 0.0218. The summed E-state index contributed by atoms with van der Waals surface area (Å²) in [5.74, 6) is 0.0926. The minimum Gasteiger partial charge on any atom is -0.396 e. The van der Waals surface area contributed by atoms with Crippen LogP contribution in [-0.4, -0.2) is 36.2 Å². The van der Waals surface area contributed by atoms with E-state index in [9.17, 15) is 4.79 Å². The van der Waals surface area contributed by atoms with Crippen LogP contribution in [0.4, 0.5) is 0 Å². The number of hydrogen-bond acceptors (Lipinski definition) is 3. The number of rotatable bonds is 5. The van der Waals surface area contributed by atoms with E-state index in [4.69, 9.17) is 5.11 Å². The highest BCUT2D eigenvalue weighted by atomic mass is 16.3. The molecule has 1 unspecified atom stereocenters. The Morgan fingerprint density at radius 2 is 2.40 bits per heavy atom. The Morgan fingerprint density at radius 3 is 2.93 bits per heavy atom. The highest BCUT2D eigenvalue weighted by Gasteiger charge is 2.21. The molecule has 0 bridgehead atoms. The van der Waals surface area contributed by atoms with Crippen molar-refractivity contribution in [1.29, 1.82) is 0 Å². The Bertz CT molecular complexity index is 191. The van der Waals surface area contributed by atoms with Crippen LogP contribution in [0, 0.1) is 0 Å². The van der Waals surface area contributed by atoms with Gasteiger partial charge in [0.15, 0.2) is 0 Å². The summed E-state index contributed by atoms with van der Waals surface area (Å²) < 4.78 is 0. The number of piperidine rings is 1. The number of carbonyl (C=O) groups excluding carboxylic acids is 1. The van der Waals surface area contributed by atoms with E-state index < -0.39 is 0 Å². The molecule has 1 heterocycles. The van der Waals surface area contributed by atoms with Gasteiger partial charge < -0.3 is 15.7 Å². The van der Waals surface area contributed by atoms with Crippen molar-refractivity contribution in [2.75, 3.05) is 13.2 Å². The smallest absolute Gasteiger partial charge is 0.237 e. The van der Waals surface area contributed by atoms with Crippen molar-refractivity contribution in [3.8, 4) is 0 Å². The second-order valence-electron chi connectivity index (χ2n) is 4.13. The van der Waals surface area contributed by atoms with Gasteiger partial charge in [0, 0.05) is 12.6 Å². The molecule has 1 fully saturated rings. The first-order valence-electron chi connectivity index (χ1n) is 5.92. The van der Waals surface area contributed by atoms with Gasteiger partial charge in [-0.3, -0.25) is 4.79 Å². The lowest BCUT2D eigenvalue weighted by Gasteiger charge is -2.25. The fraction of sp³-hybridized carbons (Fsp3) is 0.909. The van der Waals surface area contributed by atoms with Crippen LogP contribution < -0.4 is 10.6 Å². The van der Waals surface area contributed by atoms with E-state index in [0.29, 0.717) is 6.42 Å². The number of carbonyl (C=O) groups is 1. The summed E-state index contributed by atoms with van der Waals surface area (Å²) in [6, 6.07) is 0.0951. The monoisotopic (exact) mass is 214 g/mol. The topological polar surface area (TPSA) is 61.4 Å². The third kappa shape index (κ3) is 4.18. The highest BCUT2D eigenvalue weighted by Crippen LogP contribution is 2.07. The molecule has 3 N–H and O–H groups in total. The molecular formula is C11H22N2O2. The Kier molecular flexibility index (Phi) is 5.65. The van der Waals surface area contributed by atoms with Crippen molar-refractivity contribution in [3.05, 3.63) is 0 Å². The van der Waals surface area contributed by atoms with Crippen LogP contribution in [0.25, 0.3) is 0 Å². The number of nitrogens with one attached hydrogen (secondary N) is 2. The number of aliphatic hydroxyl groups excluding tert-OH is 1. The van der Waals surface area contributed by atoms with Crippen LogP contribution in [0.1, 0.15) is 39.0 Å². The van der Waals surface area contributed by atoms with Gasteiger partial charge >= 0.3 is 0 Å². The second-order valence-corrected chi connectivity index (χ2v) is 4.13. The summed E-state index contributed by atoms with van der Waals surface area (Å²) in [5, 5.41) is 15.0. The van der Waals surface area contributed by atoms with E-state index in [1.54, 1.807) is 0 Å². The molecule has 1 aliphatic heterocycles. The molecule has 0 radical (unpaired) electrons. The third-order valence-electron chi connectivity index (χ3n) is 2.94. The van der Waals surface area contributed by atoms with Gasteiger partial charge in [-0.05, 0) is 32.2 Å². The van der Waals surface area contributed by atoms with Gasteiger partial charge in [-0.25, -0.2) is 0 Å². The molecule has 0 spiro atoms. The Balaban J connectivity index is 2.31.